The second-order valence-electron chi connectivity index (χ2n) is 7.07. The van der Waals surface area contributed by atoms with Crippen molar-refractivity contribution >= 4 is 38.9 Å². The Morgan fingerprint density at radius 1 is 1.03 bits per heavy atom. The van der Waals surface area contributed by atoms with Crippen molar-refractivity contribution in [3.8, 4) is 16.2 Å². The smallest absolute Gasteiger partial charge is 0.350 e. The minimum atomic E-state index is -3.60. The van der Waals surface area contributed by atoms with Crippen LogP contribution in [0.15, 0.2) is 59.5 Å². The Balaban J connectivity index is 1.90. The number of hydrogen-bond acceptors (Lipinski definition) is 7. The molecule has 0 aliphatic rings. The predicted octanol–water partition coefficient (Wildman–Crippen LogP) is 4.10. The summed E-state index contributed by atoms with van der Waals surface area (Å²) >= 11 is 1.21. The summed E-state index contributed by atoms with van der Waals surface area (Å²) in [7, 11) is 0.845. The molecule has 33 heavy (non-hydrogen) atoms. The van der Waals surface area contributed by atoms with Gasteiger partial charge in [0.2, 0.25) is 10.0 Å². The molecule has 3 aromatic rings. The normalized spacial score (nSPS) is 11.3. The molecule has 174 valence electrons. The SMILES string of the molecule is CCOC(=O)c1sc(-c2ccc(OC)cc2)cc1NC(=O)c1ccc(S(=O)(=O)N(C)C)cc1. The van der Waals surface area contributed by atoms with Crippen molar-refractivity contribution in [2.75, 3.05) is 33.1 Å². The zero-order valence-electron chi connectivity index (χ0n) is 18.6. The number of benzene rings is 2. The largest absolute Gasteiger partial charge is 0.497 e. The third-order valence-electron chi connectivity index (χ3n) is 4.71. The Kier molecular flexibility index (Phi) is 7.52. The first kappa shape index (κ1) is 24.4. The van der Waals surface area contributed by atoms with Crippen LogP contribution in [0.25, 0.3) is 10.4 Å². The van der Waals surface area contributed by atoms with Crippen LogP contribution in [0.1, 0.15) is 27.0 Å². The van der Waals surface area contributed by atoms with Gasteiger partial charge in [0.05, 0.1) is 24.3 Å². The van der Waals surface area contributed by atoms with Gasteiger partial charge < -0.3 is 14.8 Å². The average Bonchev–Trinajstić information content (AvgIpc) is 3.23. The topological polar surface area (TPSA) is 102 Å². The minimum absolute atomic E-state index is 0.0774. The molecule has 8 nitrogen and oxygen atoms in total. The Labute approximate surface area is 196 Å². The van der Waals surface area contributed by atoms with Crippen molar-refractivity contribution in [2.45, 2.75) is 11.8 Å². The molecule has 10 heteroatoms. The molecule has 1 heterocycles. The van der Waals surface area contributed by atoms with E-state index < -0.39 is 21.9 Å². The molecule has 0 unspecified atom stereocenters. The molecule has 0 atom stereocenters. The quantitative estimate of drug-likeness (QED) is 0.479. The van der Waals surface area contributed by atoms with Gasteiger partial charge in [0.1, 0.15) is 10.6 Å². The van der Waals surface area contributed by atoms with Crippen LogP contribution in [0.4, 0.5) is 5.69 Å². The lowest BCUT2D eigenvalue weighted by Crippen LogP contribution is -2.22. The molecule has 0 radical (unpaired) electrons. The van der Waals surface area contributed by atoms with Gasteiger partial charge in [-0.15, -0.1) is 11.3 Å². The van der Waals surface area contributed by atoms with Crippen molar-refractivity contribution < 1.29 is 27.5 Å². The lowest BCUT2D eigenvalue weighted by Gasteiger charge is -2.11. The maximum absolute atomic E-state index is 12.8. The van der Waals surface area contributed by atoms with E-state index in [9.17, 15) is 18.0 Å². The van der Waals surface area contributed by atoms with E-state index in [1.165, 1.54) is 49.7 Å². The Bertz CT molecular complexity index is 1250. The summed E-state index contributed by atoms with van der Waals surface area (Å²) in [5.41, 5.74) is 1.42. The van der Waals surface area contributed by atoms with Crippen molar-refractivity contribution in [1.29, 1.82) is 0 Å². The fraction of sp³-hybridized carbons (Fsp3) is 0.217. The molecule has 2 aromatic carbocycles. The van der Waals surface area contributed by atoms with E-state index in [0.29, 0.717) is 11.4 Å². The molecule has 1 N–H and O–H groups in total. The maximum Gasteiger partial charge on any atom is 0.350 e. The minimum Gasteiger partial charge on any atom is -0.497 e. The Morgan fingerprint density at radius 2 is 1.67 bits per heavy atom. The summed E-state index contributed by atoms with van der Waals surface area (Å²) in [5, 5.41) is 2.75. The first-order valence-electron chi connectivity index (χ1n) is 9.96. The molecule has 0 spiro atoms. The number of nitrogens with zero attached hydrogens (tertiary/aromatic N) is 1. The van der Waals surface area contributed by atoms with E-state index in [-0.39, 0.29) is 21.9 Å². The molecule has 0 bridgehead atoms. The Morgan fingerprint density at radius 3 is 2.21 bits per heavy atom. The first-order valence-corrected chi connectivity index (χ1v) is 12.2. The standard InChI is InChI=1S/C23H24N2O6S2/c1-5-31-23(27)21-19(14-20(32-21)15-6-10-17(30-4)11-7-15)24-22(26)16-8-12-18(13-9-16)33(28,29)25(2)3/h6-14H,5H2,1-4H3,(H,24,26). The molecule has 3 rings (SSSR count). The van der Waals surface area contributed by atoms with Gasteiger partial charge in [0.25, 0.3) is 5.91 Å². The first-order chi connectivity index (χ1) is 15.7. The van der Waals surface area contributed by atoms with Gasteiger partial charge in [-0.05, 0) is 67.1 Å². The summed E-state index contributed by atoms with van der Waals surface area (Å²) < 4.78 is 35.9. The summed E-state index contributed by atoms with van der Waals surface area (Å²) in [4.78, 5) is 26.4. The number of anilines is 1. The molecule has 1 aromatic heterocycles. The van der Waals surface area contributed by atoms with Crippen molar-refractivity contribution in [1.82, 2.24) is 4.31 Å². The van der Waals surface area contributed by atoms with Crippen molar-refractivity contribution in [3.63, 3.8) is 0 Å². The zero-order chi connectivity index (χ0) is 24.2. The van der Waals surface area contributed by atoms with E-state index >= 15 is 0 Å². The number of sulfonamides is 1. The highest BCUT2D eigenvalue weighted by Crippen LogP contribution is 2.36. The molecule has 0 aliphatic heterocycles. The van der Waals surface area contributed by atoms with Crippen LogP contribution >= 0.6 is 11.3 Å². The third-order valence-corrected chi connectivity index (χ3v) is 7.70. The predicted molar refractivity (Wildman–Crippen MR) is 128 cm³/mol. The van der Waals surface area contributed by atoms with E-state index in [0.717, 1.165) is 14.7 Å². The number of carbonyl (C=O) groups excluding carboxylic acids is 2. The van der Waals surface area contributed by atoms with Gasteiger partial charge in [-0.25, -0.2) is 17.5 Å². The number of esters is 1. The highest BCUT2D eigenvalue weighted by molar-refractivity contribution is 7.89. The molecular weight excluding hydrogens is 464 g/mol. The van der Waals surface area contributed by atoms with E-state index in [1.54, 1.807) is 32.2 Å². The third kappa shape index (κ3) is 5.41. The van der Waals surface area contributed by atoms with Crippen LogP contribution in [0, 0.1) is 0 Å². The van der Waals surface area contributed by atoms with E-state index in [4.69, 9.17) is 9.47 Å². The van der Waals surface area contributed by atoms with Crippen molar-refractivity contribution in [2.24, 2.45) is 0 Å². The average molecular weight is 489 g/mol. The molecule has 1 amide bonds. The highest BCUT2D eigenvalue weighted by atomic mass is 32.2. The van der Waals surface area contributed by atoms with E-state index in [2.05, 4.69) is 5.32 Å². The van der Waals surface area contributed by atoms with Gasteiger partial charge in [-0.2, -0.15) is 0 Å². The van der Waals surface area contributed by atoms with Crippen LogP contribution in [0.3, 0.4) is 0 Å². The maximum atomic E-state index is 12.8. The summed E-state index contributed by atoms with van der Waals surface area (Å²) in [6.45, 7) is 1.90. The number of carbonyl (C=O) groups is 2. The number of nitrogens with one attached hydrogen (secondary N) is 1. The zero-order valence-corrected chi connectivity index (χ0v) is 20.2. The van der Waals surface area contributed by atoms with Crippen LogP contribution in [-0.2, 0) is 14.8 Å². The Hall–Kier alpha value is -3.21. The van der Waals surface area contributed by atoms with Crippen LogP contribution in [0.5, 0.6) is 5.75 Å². The van der Waals surface area contributed by atoms with Gasteiger partial charge in [-0.3, -0.25) is 4.79 Å². The van der Waals surface area contributed by atoms with Gasteiger partial charge in [0.15, 0.2) is 0 Å². The van der Waals surface area contributed by atoms with Gasteiger partial charge in [-0.1, -0.05) is 0 Å². The monoisotopic (exact) mass is 488 g/mol. The number of methoxy groups -OCH3 is 1. The lowest BCUT2D eigenvalue weighted by atomic mass is 10.1. The lowest BCUT2D eigenvalue weighted by molar-refractivity contribution is 0.0533. The molecule has 0 saturated carbocycles. The fourth-order valence-electron chi connectivity index (χ4n) is 2.91. The second kappa shape index (κ2) is 10.2. The van der Waals surface area contributed by atoms with Crippen molar-refractivity contribution in [3.05, 3.63) is 65.0 Å². The number of thiophene rings is 1. The number of hydrogen-bond donors (Lipinski definition) is 1. The van der Waals surface area contributed by atoms with Gasteiger partial charge in [0, 0.05) is 24.5 Å². The van der Waals surface area contributed by atoms with Crippen LogP contribution in [0.2, 0.25) is 0 Å². The molecule has 0 aliphatic carbocycles. The number of rotatable bonds is 8. The second-order valence-corrected chi connectivity index (χ2v) is 10.3. The summed E-state index contributed by atoms with van der Waals surface area (Å²) in [6, 6.07) is 14.6. The summed E-state index contributed by atoms with van der Waals surface area (Å²) in [6.07, 6.45) is 0. The molecular formula is C23H24N2O6S2. The fourth-order valence-corrected chi connectivity index (χ4v) is 4.83. The highest BCUT2D eigenvalue weighted by Gasteiger charge is 2.22. The van der Waals surface area contributed by atoms with Gasteiger partial charge >= 0.3 is 5.97 Å². The molecule has 0 fully saturated rings. The van der Waals surface area contributed by atoms with Crippen LogP contribution in [-0.4, -0.2) is 52.4 Å². The van der Waals surface area contributed by atoms with E-state index in [1.807, 2.05) is 12.1 Å². The number of ether oxygens (including phenoxy) is 2. The number of amides is 1. The molecule has 0 saturated heterocycles. The van der Waals surface area contributed by atoms with Crippen LogP contribution < -0.4 is 10.1 Å². The summed E-state index contributed by atoms with van der Waals surface area (Å²) in [5.74, 6) is -0.312.